The second-order valence-electron chi connectivity index (χ2n) is 3.46. The molecule has 0 spiro atoms. The van der Waals surface area contributed by atoms with Crippen LogP contribution in [0.4, 0.5) is 0 Å². The molecular weight excluding hydrogens is 140 g/mol. The molecular formula is C8H18N2O. The van der Waals surface area contributed by atoms with Crippen LogP contribution in [-0.4, -0.2) is 29.8 Å². The Kier molecular flexibility index (Phi) is 2.87. The summed E-state index contributed by atoms with van der Waals surface area (Å²) in [4.78, 5) is 0. The summed E-state index contributed by atoms with van der Waals surface area (Å²) in [6.07, 6.45) is 3.20. The summed E-state index contributed by atoms with van der Waals surface area (Å²) in [6, 6.07) is -0.0382. The van der Waals surface area contributed by atoms with Crippen molar-refractivity contribution < 1.29 is 5.11 Å². The molecule has 66 valence electrons. The first-order chi connectivity index (χ1) is 5.19. The fraction of sp³-hybridized carbons (Fsp3) is 1.00. The molecule has 0 aromatic rings. The van der Waals surface area contributed by atoms with E-state index in [-0.39, 0.29) is 6.04 Å². The van der Waals surface area contributed by atoms with Crippen molar-refractivity contribution in [3.63, 3.8) is 0 Å². The molecule has 1 atom stereocenters. The standard InChI is InChI=1S/C8H18N2O/c1-2-3-4-7(9)8(11)5-10-6-8/h7,10-11H,2-6,9H2,1H3. The number of nitrogens with two attached hydrogens (primary N) is 1. The molecule has 11 heavy (non-hydrogen) atoms. The van der Waals surface area contributed by atoms with Crippen LogP contribution in [0.5, 0.6) is 0 Å². The van der Waals surface area contributed by atoms with Crippen LogP contribution in [0.3, 0.4) is 0 Å². The van der Waals surface area contributed by atoms with E-state index in [4.69, 9.17) is 5.73 Å². The van der Waals surface area contributed by atoms with Gasteiger partial charge in [-0.2, -0.15) is 0 Å². The Labute approximate surface area is 68.0 Å². The smallest absolute Gasteiger partial charge is 0.104 e. The molecule has 0 aromatic heterocycles. The fourth-order valence-corrected chi connectivity index (χ4v) is 1.34. The van der Waals surface area contributed by atoms with Crippen LogP contribution in [0.15, 0.2) is 0 Å². The first-order valence-electron chi connectivity index (χ1n) is 4.38. The van der Waals surface area contributed by atoms with Crippen molar-refractivity contribution >= 4 is 0 Å². The van der Waals surface area contributed by atoms with E-state index in [0.717, 1.165) is 19.3 Å². The van der Waals surface area contributed by atoms with E-state index in [1.54, 1.807) is 0 Å². The topological polar surface area (TPSA) is 58.3 Å². The van der Waals surface area contributed by atoms with Gasteiger partial charge >= 0.3 is 0 Å². The predicted molar refractivity (Wildman–Crippen MR) is 45.3 cm³/mol. The zero-order valence-corrected chi connectivity index (χ0v) is 7.14. The lowest BCUT2D eigenvalue weighted by atomic mass is 9.86. The minimum absolute atomic E-state index is 0.0382. The average Bonchev–Trinajstić information content (AvgIpc) is 1.95. The third-order valence-corrected chi connectivity index (χ3v) is 2.42. The highest BCUT2D eigenvalue weighted by atomic mass is 16.3. The van der Waals surface area contributed by atoms with Crippen LogP contribution in [0, 0.1) is 0 Å². The molecule has 0 radical (unpaired) electrons. The van der Waals surface area contributed by atoms with Crippen molar-refractivity contribution in [3.8, 4) is 0 Å². The summed E-state index contributed by atoms with van der Waals surface area (Å²) in [5.74, 6) is 0. The summed E-state index contributed by atoms with van der Waals surface area (Å²) >= 11 is 0. The van der Waals surface area contributed by atoms with Crippen LogP contribution in [0.2, 0.25) is 0 Å². The Hall–Kier alpha value is -0.120. The van der Waals surface area contributed by atoms with Crippen molar-refractivity contribution in [1.82, 2.24) is 5.32 Å². The molecule has 3 nitrogen and oxygen atoms in total. The largest absolute Gasteiger partial charge is 0.386 e. The fourth-order valence-electron chi connectivity index (χ4n) is 1.34. The number of unbranched alkanes of at least 4 members (excludes halogenated alkanes) is 1. The average molecular weight is 158 g/mol. The molecule has 3 heteroatoms. The van der Waals surface area contributed by atoms with Gasteiger partial charge in [-0.3, -0.25) is 0 Å². The first kappa shape index (κ1) is 8.97. The number of β-amino-alcohol motifs (C(OH)–C–C–N with tert-alkyl or cyclic N) is 1. The summed E-state index contributed by atoms with van der Waals surface area (Å²) in [6.45, 7) is 3.46. The van der Waals surface area contributed by atoms with Gasteiger partial charge in [0.05, 0.1) is 0 Å². The maximum absolute atomic E-state index is 9.72. The van der Waals surface area contributed by atoms with Gasteiger partial charge < -0.3 is 16.2 Å². The number of nitrogens with one attached hydrogen (secondary N) is 1. The number of hydrogen-bond donors (Lipinski definition) is 3. The molecule has 1 aliphatic rings. The monoisotopic (exact) mass is 158 g/mol. The molecule has 4 N–H and O–H groups in total. The number of hydrogen-bond acceptors (Lipinski definition) is 3. The third-order valence-electron chi connectivity index (χ3n) is 2.42. The van der Waals surface area contributed by atoms with Crippen molar-refractivity contribution in [3.05, 3.63) is 0 Å². The molecule has 0 amide bonds. The summed E-state index contributed by atoms with van der Waals surface area (Å²) in [7, 11) is 0. The van der Waals surface area contributed by atoms with Crippen molar-refractivity contribution in [2.24, 2.45) is 5.73 Å². The predicted octanol–water partition coefficient (Wildman–Crippen LogP) is -0.162. The second kappa shape index (κ2) is 3.52. The Bertz CT molecular complexity index is 123. The quantitative estimate of drug-likeness (QED) is 0.533. The Balaban J connectivity index is 2.22. The van der Waals surface area contributed by atoms with Gasteiger partial charge in [0.2, 0.25) is 0 Å². The van der Waals surface area contributed by atoms with Crippen LogP contribution in [0.1, 0.15) is 26.2 Å². The van der Waals surface area contributed by atoms with Crippen LogP contribution >= 0.6 is 0 Å². The minimum Gasteiger partial charge on any atom is -0.386 e. The highest BCUT2D eigenvalue weighted by molar-refractivity contribution is 5.00. The lowest BCUT2D eigenvalue weighted by molar-refractivity contribution is -0.0347. The maximum Gasteiger partial charge on any atom is 0.104 e. The zero-order valence-electron chi connectivity index (χ0n) is 7.14. The van der Waals surface area contributed by atoms with Gasteiger partial charge in [-0.1, -0.05) is 19.8 Å². The summed E-state index contributed by atoms with van der Waals surface area (Å²) in [5.41, 5.74) is 5.21. The van der Waals surface area contributed by atoms with E-state index in [1.807, 2.05) is 0 Å². The highest BCUT2D eigenvalue weighted by Gasteiger charge is 2.39. The molecule has 1 rings (SSSR count). The lowest BCUT2D eigenvalue weighted by Gasteiger charge is -2.42. The lowest BCUT2D eigenvalue weighted by Crippen LogP contribution is -2.68. The van der Waals surface area contributed by atoms with E-state index in [2.05, 4.69) is 12.2 Å². The minimum atomic E-state index is -0.602. The summed E-state index contributed by atoms with van der Waals surface area (Å²) in [5, 5.41) is 12.7. The Morgan fingerprint density at radius 3 is 2.64 bits per heavy atom. The van der Waals surface area contributed by atoms with Crippen molar-refractivity contribution in [2.45, 2.75) is 37.8 Å². The van der Waals surface area contributed by atoms with Gasteiger partial charge in [-0.15, -0.1) is 0 Å². The maximum atomic E-state index is 9.72. The van der Waals surface area contributed by atoms with E-state index >= 15 is 0 Å². The first-order valence-corrected chi connectivity index (χ1v) is 4.38. The molecule has 1 heterocycles. The SMILES string of the molecule is CCCCC(N)C1(O)CNC1. The van der Waals surface area contributed by atoms with E-state index < -0.39 is 5.60 Å². The van der Waals surface area contributed by atoms with Gasteiger partial charge in [0, 0.05) is 19.1 Å². The van der Waals surface area contributed by atoms with Crippen LogP contribution in [0.25, 0.3) is 0 Å². The van der Waals surface area contributed by atoms with E-state index in [9.17, 15) is 5.11 Å². The molecule has 1 saturated heterocycles. The van der Waals surface area contributed by atoms with Crippen LogP contribution < -0.4 is 11.1 Å². The Morgan fingerprint density at radius 1 is 1.64 bits per heavy atom. The molecule has 0 aliphatic carbocycles. The molecule has 0 aromatic carbocycles. The Morgan fingerprint density at radius 2 is 2.27 bits per heavy atom. The molecule has 0 bridgehead atoms. The van der Waals surface area contributed by atoms with Gasteiger partial charge in [0.25, 0.3) is 0 Å². The van der Waals surface area contributed by atoms with Gasteiger partial charge in [0.1, 0.15) is 5.60 Å². The second-order valence-corrected chi connectivity index (χ2v) is 3.46. The van der Waals surface area contributed by atoms with E-state index in [0.29, 0.717) is 13.1 Å². The number of rotatable bonds is 4. The van der Waals surface area contributed by atoms with Crippen LogP contribution in [-0.2, 0) is 0 Å². The zero-order chi connectivity index (χ0) is 8.32. The summed E-state index contributed by atoms with van der Waals surface area (Å²) < 4.78 is 0. The van der Waals surface area contributed by atoms with E-state index in [1.165, 1.54) is 0 Å². The highest BCUT2D eigenvalue weighted by Crippen LogP contribution is 2.17. The van der Waals surface area contributed by atoms with Gasteiger partial charge in [-0.25, -0.2) is 0 Å². The molecule has 1 fully saturated rings. The van der Waals surface area contributed by atoms with Gasteiger partial charge in [-0.05, 0) is 6.42 Å². The van der Waals surface area contributed by atoms with Crippen molar-refractivity contribution in [2.75, 3.05) is 13.1 Å². The molecule has 1 unspecified atom stereocenters. The molecule has 1 aliphatic heterocycles. The van der Waals surface area contributed by atoms with Crippen molar-refractivity contribution in [1.29, 1.82) is 0 Å². The third kappa shape index (κ3) is 1.92. The number of aliphatic hydroxyl groups is 1. The molecule has 0 saturated carbocycles. The normalized spacial score (nSPS) is 24.3. The van der Waals surface area contributed by atoms with Gasteiger partial charge in [0.15, 0.2) is 0 Å².